The number of carbonyl (C=O) groups excluding carboxylic acids is 1. The van der Waals surface area contributed by atoms with Crippen molar-refractivity contribution in [2.75, 3.05) is 0 Å². The van der Waals surface area contributed by atoms with Crippen molar-refractivity contribution in [1.29, 1.82) is 0 Å². The van der Waals surface area contributed by atoms with Crippen molar-refractivity contribution >= 4 is 16.9 Å². The Balaban J connectivity index is 1.24. The zero-order valence-corrected chi connectivity index (χ0v) is 24.4. The number of rotatable bonds is 8. The van der Waals surface area contributed by atoms with Crippen LogP contribution >= 0.6 is 0 Å². The molecule has 1 amide bonds. The molecule has 41 heavy (non-hydrogen) atoms. The minimum atomic E-state index is -0.136. The summed E-state index contributed by atoms with van der Waals surface area (Å²) in [6.45, 7) is 3.56. The summed E-state index contributed by atoms with van der Waals surface area (Å²) in [5, 5.41) is 13.9. The van der Waals surface area contributed by atoms with E-state index in [4.69, 9.17) is 4.98 Å². The summed E-state index contributed by atoms with van der Waals surface area (Å²) in [7, 11) is 0. The van der Waals surface area contributed by atoms with E-state index < -0.39 is 0 Å². The quantitative estimate of drug-likeness (QED) is 0.230. The third kappa shape index (κ3) is 5.97. The minimum absolute atomic E-state index is 0.0333. The first-order valence-electron chi connectivity index (χ1n) is 15.6. The lowest BCUT2D eigenvalue weighted by atomic mass is 9.80. The topological polar surface area (TPSA) is 67.2 Å². The summed E-state index contributed by atoms with van der Waals surface area (Å²) in [6.07, 6.45) is 13.9. The van der Waals surface area contributed by atoms with Crippen LogP contribution in [-0.2, 0) is 37.3 Å². The Morgan fingerprint density at radius 2 is 1.59 bits per heavy atom. The molecule has 1 atom stereocenters. The number of carbonyl (C=O) groups is 1. The number of nitrogens with one attached hydrogen (secondary N) is 1. The van der Waals surface area contributed by atoms with Gasteiger partial charge in [0.05, 0.1) is 12.5 Å². The third-order valence-corrected chi connectivity index (χ3v) is 9.47. The summed E-state index contributed by atoms with van der Waals surface area (Å²) >= 11 is 0. The number of aliphatic hydroxyl groups excluding tert-OH is 1. The molecule has 1 unspecified atom stereocenters. The second-order valence-electron chi connectivity index (χ2n) is 12.2. The van der Waals surface area contributed by atoms with Crippen LogP contribution in [0.2, 0.25) is 0 Å². The van der Waals surface area contributed by atoms with E-state index in [1.165, 1.54) is 66.3 Å². The second kappa shape index (κ2) is 12.6. The molecule has 2 aromatic carbocycles. The lowest BCUT2D eigenvalue weighted by molar-refractivity contribution is -0.124. The molecule has 2 aliphatic rings. The second-order valence-corrected chi connectivity index (χ2v) is 12.2. The monoisotopic (exact) mass is 549 g/mol. The van der Waals surface area contributed by atoms with E-state index in [2.05, 4.69) is 47.1 Å². The molecule has 0 spiro atoms. The van der Waals surface area contributed by atoms with Crippen LogP contribution in [0.15, 0.2) is 60.8 Å². The first-order chi connectivity index (χ1) is 20.1. The molecule has 5 nitrogen and oxygen atoms in total. The van der Waals surface area contributed by atoms with Crippen molar-refractivity contribution < 1.29 is 9.90 Å². The standard InChI is InChI=1S/C36H43N3O2/c1-25-20-21-37-35-33(25)31-10-6-7-11-32(31)39(35)23-27-16-18-30(19-17-27)34(29-8-4-2-3-5-9-29)36(41)38-22-26-12-14-28(24-40)15-13-26/h12-21,29,34,40H,2-11,22-24H2,1H3,(H,38,41). The number of aliphatic hydroxyl groups is 1. The Bertz CT molecular complexity index is 1480. The first-order valence-corrected chi connectivity index (χ1v) is 15.6. The van der Waals surface area contributed by atoms with Gasteiger partial charge in [-0.05, 0) is 90.8 Å². The van der Waals surface area contributed by atoms with E-state index in [1.807, 2.05) is 30.5 Å². The van der Waals surface area contributed by atoms with Crippen molar-refractivity contribution in [2.24, 2.45) is 5.92 Å². The number of benzene rings is 2. The van der Waals surface area contributed by atoms with Crippen molar-refractivity contribution in [3.05, 3.63) is 99.9 Å². The van der Waals surface area contributed by atoms with Gasteiger partial charge < -0.3 is 15.0 Å². The SMILES string of the molecule is Cc1ccnc2c1c1c(n2Cc2ccc(C(C(=O)NCc3ccc(CO)cc3)C3CCCCCC3)cc2)CCCC1. The highest BCUT2D eigenvalue weighted by Crippen LogP contribution is 2.37. The predicted octanol–water partition coefficient (Wildman–Crippen LogP) is 7.13. The molecule has 1 fully saturated rings. The van der Waals surface area contributed by atoms with Gasteiger partial charge in [-0.2, -0.15) is 0 Å². The zero-order valence-electron chi connectivity index (χ0n) is 24.4. The number of nitrogens with zero attached hydrogens (tertiary/aromatic N) is 2. The molecule has 0 aliphatic heterocycles. The molecule has 1 saturated carbocycles. The molecule has 4 aromatic rings. The Labute approximate surface area is 244 Å². The van der Waals surface area contributed by atoms with E-state index in [1.54, 1.807) is 0 Å². The summed E-state index contributed by atoms with van der Waals surface area (Å²) in [5.74, 6) is 0.358. The molecule has 0 bridgehead atoms. The van der Waals surface area contributed by atoms with Crippen molar-refractivity contribution in [1.82, 2.24) is 14.9 Å². The van der Waals surface area contributed by atoms with Crippen LogP contribution in [0.25, 0.3) is 11.0 Å². The Morgan fingerprint density at radius 3 is 2.32 bits per heavy atom. The molecular formula is C36H43N3O2. The van der Waals surface area contributed by atoms with Gasteiger partial charge in [0, 0.05) is 30.4 Å². The highest BCUT2D eigenvalue weighted by atomic mass is 16.3. The number of hydrogen-bond acceptors (Lipinski definition) is 3. The fourth-order valence-corrected chi connectivity index (χ4v) is 7.23. The maximum Gasteiger partial charge on any atom is 0.228 e. The predicted molar refractivity (Wildman–Crippen MR) is 165 cm³/mol. The summed E-state index contributed by atoms with van der Waals surface area (Å²) < 4.78 is 2.45. The molecule has 0 saturated heterocycles. The van der Waals surface area contributed by atoms with Crippen LogP contribution in [0.1, 0.15) is 96.4 Å². The molecule has 214 valence electrons. The number of hydrogen-bond donors (Lipinski definition) is 2. The molecule has 2 N–H and O–H groups in total. The minimum Gasteiger partial charge on any atom is -0.392 e. The maximum absolute atomic E-state index is 13.8. The fourth-order valence-electron chi connectivity index (χ4n) is 7.23. The number of fused-ring (bicyclic) bond motifs is 3. The van der Waals surface area contributed by atoms with E-state index in [9.17, 15) is 9.90 Å². The molecule has 2 aromatic heterocycles. The molecule has 5 heteroatoms. The maximum atomic E-state index is 13.8. The smallest absolute Gasteiger partial charge is 0.228 e. The molecule has 6 rings (SSSR count). The lowest BCUT2D eigenvalue weighted by Gasteiger charge is -2.26. The van der Waals surface area contributed by atoms with Crippen LogP contribution in [0.5, 0.6) is 0 Å². The zero-order chi connectivity index (χ0) is 28.2. The first kappa shape index (κ1) is 27.7. The van der Waals surface area contributed by atoms with E-state index in [0.717, 1.165) is 54.6 Å². The fraction of sp³-hybridized carbons (Fsp3) is 0.444. The van der Waals surface area contributed by atoms with Gasteiger partial charge in [-0.15, -0.1) is 0 Å². The van der Waals surface area contributed by atoms with Gasteiger partial charge in [-0.1, -0.05) is 74.2 Å². The number of amides is 1. The van der Waals surface area contributed by atoms with Gasteiger partial charge in [0.25, 0.3) is 0 Å². The van der Waals surface area contributed by atoms with Crippen LogP contribution in [0.4, 0.5) is 0 Å². The number of aromatic nitrogens is 2. The van der Waals surface area contributed by atoms with Gasteiger partial charge in [0.1, 0.15) is 5.65 Å². The Morgan fingerprint density at radius 1 is 0.902 bits per heavy atom. The van der Waals surface area contributed by atoms with Crippen LogP contribution < -0.4 is 5.32 Å². The van der Waals surface area contributed by atoms with Crippen molar-refractivity contribution in [2.45, 2.75) is 96.7 Å². The van der Waals surface area contributed by atoms with Crippen molar-refractivity contribution in [3.63, 3.8) is 0 Å². The van der Waals surface area contributed by atoms with Gasteiger partial charge >= 0.3 is 0 Å². The normalized spacial score (nSPS) is 16.7. The molecule has 2 aliphatic carbocycles. The number of aryl methyl sites for hydroxylation is 2. The average molecular weight is 550 g/mol. The van der Waals surface area contributed by atoms with Crippen molar-refractivity contribution in [3.8, 4) is 0 Å². The van der Waals surface area contributed by atoms with Gasteiger partial charge in [0.2, 0.25) is 5.91 Å². The van der Waals surface area contributed by atoms with E-state index in [0.29, 0.717) is 12.5 Å². The Hall–Kier alpha value is -3.44. The Kier molecular flexibility index (Phi) is 8.52. The summed E-state index contributed by atoms with van der Waals surface area (Å²) in [5.41, 5.74) is 9.72. The molecular weight excluding hydrogens is 506 g/mol. The molecule has 2 heterocycles. The van der Waals surface area contributed by atoms with Gasteiger partial charge in [-0.3, -0.25) is 4.79 Å². The summed E-state index contributed by atoms with van der Waals surface area (Å²) in [4.78, 5) is 18.6. The summed E-state index contributed by atoms with van der Waals surface area (Å²) in [6, 6.07) is 18.8. The van der Waals surface area contributed by atoms with Crippen LogP contribution in [0.3, 0.4) is 0 Å². The third-order valence-electron chi connectivity index (χ3n) is 9.47. The van der Waals surface area contributed by atoms with Gasteiger partial charge in [-0.25, -0.2) is 4.98 Å². The average Bonchev–Trinajstić information content (AvgIpc) is 3.13. The van der Waals surface area contributed by atoms with Crippen LogP contribution in [0, 0.1) is 12.8 Å². The van der Waals surface area contributed by atoms with Gasteiger partial charge in [0.15, 0.2) is 0 Å². The van der Waals surface area contributed by atoms with E-state index in [-0.39, 0.29) is 18.4 Å². The van der Waals surface area contributed by atoms with E-state index >= 15 is 0 Å². The number of pyridine rings is 1. The van der Waals surface area contributed by atoms with Crippen LogP contribution in [-0.4, -0.2) is 20.6 Å². The molecule has 0 radical (unpaired) electrons. The highest BCUT2D eigenvalue weighted by Gasteiger charge is 2.30. The lowest BCUT2D eigenvalue weighted by Crippen LogP contribution is -2.33. The largest absolute Gasteiger partial charge is 0.392 e. The highest BCUT2D eigenvalue weighted by molar-refractivity contribution is 5.86.